The molecule has 1 amide bonds. The number of rotatable bonds is 5. The van der Waals surface area contributed by atoms with Gasteiger partial charge in [-0.15, -0.1) is 0 Å². The van der Waals surface area contributed by atoms with Crippen molar-refractivity contribution in [2.75, 3.05) is 18.9 Å². The van der Waals surface area contributed by atoms with Crippen LogP contribution in [0.15, 0.2) is 18.2 Å². The van der Waals surface area contributed by atoms with Crippen LogP contribution in [0, 0.1) is 0 Å². The van der Waals surface area contributed by atoms with Gasteiger partial charge in [-0.1, -0.05) is 11.6 Å². The third-order valence-corrected chi connectivity index (χ3v) is 3.29. The fourth-order valence-electron chi connectivity index (χ4n) is 1.62. The van der Waals surface area contributed by atoms with E-state index >= 15 is 0 Å². The van der Waals surface area contributed by atoms with E-state index in [1.807, 2.05) is 0 Å². The number of halogens is 4. The molecule has 0 aliphatic heterocycles. The molecule has 22 heavy (non-hydrogen) atoms. The van der Waals surface area contributed by atoms with Gasteiger partial charge in [0.05, 0.1) is 23.2 Å². The maximum absolute atomic E-state index is 12.7. The maximum atomic E-state index is 12.7. The number of hydrogen-bond donors (Lipinski definition) is 2. The van der Waals surface area contributed by atoms with E-state index in [9.17, 15) is 22.8 Å². The SMILES string of the molecule is CC(C(=O)Nc1ccc(Cl)c(C(F)(F)F)c1)N(C)CC(=O)O. The highest BCUT2D eigenvalue weighted by molar-refractivity contribution is 6.31. The van der Waals surface area contributed by atoms with E-state index in [-0.39, 0.29) is 12.2 Å². The molecule has 2 N–H and O–H groups in total. The van der Waals surface area contributed by atoms with Crippen molar-refractivity contribution in [3.63, 3.8) is 0 Å². The van der Waals surface area contributed by atoms with Gasteiger partial charge in [0.1, 0.15) is 0 Å². The first-order valence-electron chi connectivity index (χ1n) is 6.12. The Balaban J connectivity index is 2.87. The number of alkyl halides is 3. The Hall–Kier alpha value is -1.80. The van der Waals surface area contributed by atoms with Crippen LogP contribution in [0.4, 0.5) is 18.9 Å². The van der Waals surface area contributed by atoms with Crippen LogP contribution in [-0.2, 0) is 15.8 Å². The Morgan fingerprint density at radius 1 is 1.41 bits per heavy atom. The van der Waals surface area contributed by atoms with Crippen LogP contribution in [0.1, 0.15) is 12.5 Å². The molecule has 5 nitrogen and oxygen atoms in total. The molecule has 1 aromatic rings. The summed E-state index contributed by atoms with van der Waals surface area (Å²) in [6, 6.07) is 2.16. The second-order valence-electron chi connectivity index (χ2n) is 4.67. The molecule has 0 saturated carbocycles. The number of carboxylic acid groups (broad SMARTS) is 1. The zero-order valence-corrected chi connectivity index (χ0v) is 12.5. The van der Waals surface area contributed by atoms with Gasteiger partial charge in [-0.25, -0.2) is 0 Å². The summed E-state index contributed by atoms with van der Waals surface area (Å²) in [6.45, 7) is 1.07. The number of anilines is 1. The van der Waals surface area contributed by atoms with E-state index in [0.717, 1.165) is 12.1 Å². The van der Waals surface area contributed by atoms with E-state index < -0.39 is 34.7 Å². The molecule has 0 fully saturated rings. The quantitative estimate of drug-likeness (QED) is 0.866. The Morgan fingerprint density at radius 3 is 2.50 bits per heavy atom. The van der Waals surface area contributed by atoms with E-state index in [4.69, 9.17) is 16.7 Å². The Labute approximate surface area is 129 Å². The molecule has 122 valence electrons. The number of amides is 1. The molecule has 1 rings (SSSR count). The largest absolute Gasteiger partial charge is 0.480 e. The molecule has 0 aliphatic carbocycles. The fourth-order valence-corrected chi connectivity index (χ4v) is 1.84. The molecular weight excluding hydrogens is 325 g/mol. The van der Waals surface area contributed by atoms with Crippen LogP contribution in [0.25, 0.3) is 0 Å². The van der Waals surface area contributed by atoms with Crippen molar-refractivity contribution in [2.45, 2.75) is 19.1 Å². The highest BCUT2D eigenvalue weighted by atomic mass is 35.5. The lowest BCUT2D eigenvalue weighted by molar-refractivity contribution is -0.139. The van der Waals surface area contributed by atoms with Gasteiger partial charge in [0.15, 0.2) is 0 Å². The summed E-state index contributed by atoms with van der Waals surface area (Å²) in [5, 5.41) is 10.5. The van der Waals surface area contributed by atoms with Crippen molar-refractivity contribution in [3.05, 3.63) is 28.8 Å². The molecule has 1 atom stereocenters. The molecular formula is C13H14ClF3N2O3. The normalized spacial score (nSPS) is 13.0. The smallest absolute Gasteiger partial charge is 0.417 e. The summed E-state index contributed by atoms with van der Waals surface area (Å²) in [7, 11) is 1.42. The molecule has 1 unspecified atom stereocenters. The summed E-state index contributed by atoms with van der Waals surface area (Å²) in [6.07, 6.45) is -4.64. The third kappa shape index (κ3) is 4.88. The average molecular weight is 339 g/mol. The molecule has 0 radical (unpaired) electrons. The molecule has 0 aliphatic rings. The Kier molecular flexibility index (Phi) is 5.78. The van der Waals surface area contributed by atoms with Gasteiger partial charge in [-0.3, -0.25) is 14.5 Å². The molecule has 0 aromatic heterocycles. The number of benzene rings is 1. The van der Waals surface area contributed by atoms with Crippen molar-refractivity contribution < 1.29 is 27.9 Å². The summed E-state index contributed by atoms with van der Waals surface area (Å²) in [5.41, 5.74) is -1.13. The van der Waals surface area contributed by atoms with Gasteiger partial charge in [0.25, 0.3) is 0 Å². The van der Waals surface area contributed by atoms with Gasteiger partial charge in [-0.2, -0.15) is 13.2 Å². The minimum absolute atomic E-state index is 0.0719. The summed E-state index contributed by atoms with van der Waals surface area (Å²) < 4.78 is 38.2. The lowest BCUT2D eigenvalue weighted by atomic mass is 10.2. The predicted octanol–water partition coefficient (Wildman–Crippen LogP) is 2.70. The monoisotopic (exact) mass is 338 g/mol. The van der Waals surface area contributed by atoms with Gasteiger partial charge in [0, 0.05) is 5.69 Å². The topological polar surface area (TPSA) is 69.6 Å². The number of aliphatic carboxylic acids is 1. The van der Waals surface area contributed by atoms with Crippen LogP contribution in [-0.4, -0.2) is 41.5 Å². The molecule has 0 heterocycles. The minimum Gasteiger partial charge on any atom is -0.480 e. The van der Waals surface area contributed by atoms with Crippen molar-refractivity contribution in [1.29, 1.82) is 0 Å². The number of nitrogens with one attached hydrogen (secondary N) is 1. The minimum atomic E-state index is -4.64. The van der Waals surface area contributed by atoms with E-state index in [1.54, 1.807) is 0 Å². The maximum Gasteiger partial charge on any atom is 0.417 e. The van der Waals surface area contributed by atoms with Gasteiger partial charge < -0.3 is 10.4 Å². The summed E-state index contributed by atoms with van der Waals surface area (Å²) in [5.74, 6) is -1.74. The molecule has 0 saturated heterocycles. The zero-order valence-electron chi connectivity index (χ0n) is 11.7. The number of hydrogen-bond acceptors (Lipinski definition) is 3. The highest BCUT2D eigenvalue weighted by Crippen LogP contribution is 2.36. The van der Waals surface area contributed by atoms with Crippen molar-refractivity contribution in [1.82, 2.24) is 4.90 Å². The number of nitrogens with zero attached hydrogens (tertiary/aromatic N) is 1. The lowest BCUT2D eigenvalue weighted by Crippen LogP contribution is -2.42. The van der Waals surface area contributed by atoms with Crippen LogP contribution in [0.3, 0.4) is 0 Å². The zero-order chi connectivity index (χ0) is 17.1. The fraction of sp³-hybridized carbons (Fsp3) is 0.385. The van der Waals surface area contributed by atoms with E-state index in [2.05, 4.69) is 5.32 Å². The van der Waals surface area contributed by atoms with Crippen LogP contribution < -0.4 is 5.32 Å². The summed E-state index contributed by atoms with van der Waals surface area (Å²) >= 11 is 5.48. The molecule has 9 heteroatoms. The molecule has 1 aromatic carbocycles. The first-order chi connectivity index (χ1) is 10.0. The average Bonchev–Trinajstić information content (AvgIpc) is 2.37. The molecule has 0 spiro atoms. The van der Waals surface area contributed by atoms with Crippen LogP contribution in [0.5, 0.6) is 0 Å². The van der Waals surface area contributed by atoms with Crippen molar-refractivity contribution in [2.24, 2.45) is 0 Å². The molecule has 0 bridgehead atoms. The Bertz CT molecular complexity index is 578. The third-order valence-electron chi connectivity index (χ3n) is 2.96. The van der Waals surface area contributed by atoms with Crippen LogP contribution in [0.2, 0.25) is 5.02 Å². The second kappa shape index (κ2) is 6.97. The predicted molar refractivity (Wildman–Crippen MR) is 74.8 cm³/mol. The Morgan fingerprint density at radius 2 is 2.00 bits per heavy atom. The number of carboxylic acids is 1. The van der Waals surface area contributed by atoms with Gasteiger partial charge in [0.2, 0.25) is 5.91 Å². The van der Waals surface area contributed by atoms with Gasteiger partial charge >= 0.3 is 12.1 Å². The van der Waals surface area contributed by atoms with Crippen LogP contribution >= 0.6 is 11.6 Å². The number of carbonyl (C=O) groups excluding carboxylic acids is 1. The first kappa shape index (κ1) is 18.2. The first-order valence-corrected chi connectivity index (χ1v) is 6.50. The second-order valence-corrected chi connectivity index (χ2v) is 5.07. The van der Waals surface area contributed by atoms with Crippen molar-refractivity contribution in [3.8, 4) is 0 Å². The lowest BCUT2D eigenvalue weighted by Gasteiger charge is -2.22. The number of carbonyl (C=O) groups is 2. The highest BCUT2D eigenvalue weighted by Gasteiger charge is 2.33. The number of likely N-dealkylation sites (N-methyl/N-ethyl adjacent to an activating group) is 1. The summed E-state index contributed by atoms with van der Waals surface area (Å²) in [4.78, 5) is 23.7. The standard InChI is InChI=1S/C13H14ClF3N2O3/c1-7(19(2)6-11(20)21)12(22)18-8-3-4-10(14)9(5-8)13(15,16)17/h3-5,7H,6H2,1-2H3,(H,18,22)(H,20,21). The van der Waals surface area contributed by atoms with E-state index in [1.165, 1.54) is 24.9 Å². The van der Waals surface area contributed by atoms with Crippen molar-refractivity contribution >= 4 is 29.2 Å². The van der Waals surface area contributed by atoms with Gasteiger partial charge in [-0.05, 0) is 32.2 Å². The van der Waals surface area contributed by atoms with E-state index in [0.29, 0.717) is 0 Å².